The Morgan fingerprint density at radius 2 is 1.32 bits per heavy atom. The lowest BCUT2D eigenvalue weighted by atomic mass is 10.0. The number of hydrogen-bond acceptors (Lipinski definition) is 3. The van der Waals surface area contributed by atoms with Gasteiger partial charge >= 0.3 is 5.97 Å². The van der Waals surface area contributed by atoms with E-state index in [0.29, 0.717) is 0 Å². The Morgan fingerprint density at radius 3 is 1.75 bits per heavy atom. The van der Waals surface area contributed by atoms with Gasteiger partial charge in [0.15, 0.2) is 0 Å². The van der Waals surface area contributed by atoms with Gasteiger partial charge in [0.1, 0.15) is 23.7 Å². The Bertz CT molecular complexity index is 873. The first-order valence-corrected chi connectivity index (χ1v) is 8.55. The summed E-state index contributed by atoms with van der Waals surface area (Å²) < 4.78 is 27.7. The quantitative estimate of drug-likeness (QED) is 0.641. The minimum Gasteiger partial charge on any atom is -0.480 e. The van der Waals surface area contributed by atoms with Crippen LogP contribution in [0.25, 0.3) is 0 Å². The number of nitrogens with one attached hydrogen (secondary N) is 2. The fourth-order valence-corrected chi connectivity index (χ4v) is 2.69. The molecule has 0 aliphatic heterocycles. The van der Waals surface area contributed by atoms with Crippen molar-refractivity contribution in [3.63, 3.8) is 0 Å². The van der Waals surface area contributed by atoms with Crippen molar-refractivity contribution in [2.75, 3.05) is 0 Å². The van der Waals surface area contributed by atoms with E-state index in [1.807, 2.05) is 0 Å². The number of rotatable bonds is 8. The van der Waals surface area contributed by atoms with Gasteiger partial charge in [-0.15, -0.1) is 0 Å². The molecule has 0 aliphatic rings. The minimum atomic E-state index is -1.42. The maximum Gasteiger partial charge on any atom is 0.326 e. The highest BCUT2D eigenvalue weighted by atomic mass is 19.1. The molecule has 3 N–H and O–H groups in total. The molecule has 0 unspecified atom stereocenters. The molecular formula is C20H20F2N2O4. The van der Waals surface area contributed by atoms with Crippen molar-refractivity contribution in [1.82, 2.24) is 10.6 Å². The first-order chi connectivity index (χ1) is 13.3. The lowest BCUT2D eigenvalue weighted by Crippen LogP contribution is -2.52. The summed E-state index contributed by atoms with van der Waals surface area (Å²) in [5.41, 5.74) is 0.317. The second kappa shape index (κ2) is 9.59. The third-order valence-corrected chi connectivity index (χ3v) is 4.07. The average molecular weight is 390 g/mol. The van der Waals surface area contributed by atoms with E-state index in [2.05, 4.69) is 10.6 Å². The lowest BCUT2D eigenvalue weighted by molar-refractivity contribution is -0.142. The van der Waals surface area contributed by atoms with Crippen molar-refractivity contribution in [2.24, 2.45) is 0 Å². The first kappa shape index (κ1) is 21.0. The molecule has 2 aromatic rings. The van der Waals surface area contributed by atoms with Crippen LogP contribution in [0.3, 0.4) is 0 Å². The topological polar surface area (TPSA) is 95.5 Å². The molecule has 148 valence electrons. The van der Waals surface area contributed by atoms with Gasteiger partial charge in [0.2, 0.25) is 11.8 Å². The number of amides is 2. The molecule has 0 aromatic heterocycles. The second-order valence-electron chi connectivity index (χ2n) is 6.24. The summed E-state index contributed by atoms with van der Waals surface area (Å²) >= 11 is 0. The van der Waals surface area contributed by atoms with Gasteiger partial charge < -0.3 is 15.7 Å². The third kappa shape index (κ3) is 5.87. The molecule has 0 aliphatic carbocycles. The number of halogens is 2. The standard InChI is InChI=1S/C20H20F2N2O4/c1-12(25)23-17(10-13-6-2-4-8-15(13)21)19(26)24-18(20(27)28)11-14-7-3-5-9-16(14)22/h2-9,17-18H,10-11H2,1H3,(H,23,25)(H,24,26)(H,27,28)/t17-,18-/m0/s1. The lowest BCUT2D eigenvalue weighted by Gasteiger charge is -2.21. The molecule has 2 atom stereocenters. The highest BCUT2D eigenvalue weighted by Crippen LogP contribution is 2.12. The Kier molecular flexibility index (Phi) is 7.20. The molecule has 0 spiro atoms. The summed E-state index contributed by atoms with van der Waals surface area (Å²) in [6, 6.07) is 8.78. The fourth-order valence-electron chi connectivity index (χ4n) is 2.69. The first-order valence-electron chi connectivity index (χ1n) is 8.55. The number of carbonyl (C=O) groups is 3. The van der Waals surface area contributed by atoms with Crippen LogP contribution >= 0.6 is 0 Å². The Labute approximate surface area is 160 Å². The summed E-state index contributed by atoms with van der Waals surface area (Å²) in [5, 5.41) is 14.1. The molecule has 2 amide bonds. The van der Waals surface area contributed by atoms with Gasteiger partial charge in [-0.3, -0.25) is 9.59 Å². The summed E-state index contributed by atoms with van der Waals surface area (Å²) in [4.78, 5) is 35.5. The molecule has 0 heterocycles. The Hall–Kier alpha value is -3.29. The van der Waals surface area contributed by atoms with Crippen LogP contribution in [0.15, 0.2) is 48.5 Å². The number of aliphatic carboxylic acids is 1. The average Bonchev–Trinajstić information content (AvgIpc) is 2.63. The number of benzene rings is 2. The zero-order valence-electron chi connectivity index (χ0n) is 15.1. The predicted molar refractivity (Wildman–Crippen MR) is 97.4 cm³/mol. The van der Waals surface area contributed by atoms with E-state index in [1.165, 1.54) is 43.3 Å². The molecule has 28 heavy (non-hydrogen) atoms. The van der Waals surface area contributed by atoms with Crippen LogP contribution in [-0.4, -0.2) is 35.0 Å². The van der Waals surface area contributed by atoms with E-state index in [0.717, 1.165) is 0 Å². The highest BCUT2D eigenvalue weighted by molar-refractivity contribution is 5.90. The normalized spacial score (nSPS) is 12.7. The SMILES string of the molecule is CC(=O)N[C@@H](Cc1ccccc1F)C(=O)N[C@@H](Cc1ccccc1F)C(=O)O. The molecule has 2 rings (SSSR count). The van der Waals surface area contributed by atoms with E-state index in [1.54, 1.807) is 12.1 Å². The Morgan fingerprint density at radius 1 is 0.857 bits per heavy atom. The van der Waals surface area contributed by atoms with Crippen LogP contribution in [0.5, 0.6) is 0 Å². The van der Waals surface area contributed by atoms with Crippen LogP contribution in [0, 0.1) is 11.6 Å². The third-order valence-electron chi connectivity index (χ3n) is 4.07. The van der Waals surface area contributed by atoms with E-state index >= 15 is 0 Å². The number of carbonyl (C=O) groups excluding carboxylic acids is 2. The van der Waals surface area contributed by atoms with Gasteiger partial charge in [0, 0.05) is 19.8 Å². The predicted octanol–water partition coefficient (Wildman–Crippen LogP) is 1.82. The van der Waals surface area contributed by atoms with Crippen LogP contribution in [0.1, 0.15) is 18.1 Å². The molecule has 6 nitrogen and oxygen atoms in total. The van der Waals surface area contributed by atoms with Crippen molar-refractivity contribution < 1.29 is 28.3 Å². The monoisotopic (exact) mass is 390 g/mol. The molecular weight excluding hydrogens is 370 g/mol. The molecule has 8 heteroatoms. The molecule has 0 fully saturated rings. The number of carboxylic acids is 1. The van der Waals surface area contributed by atoms with Gasteiger partial charge in [-0.1, -0.05) is 36.4 Å². The second-order valence-corrected chi connectivity index (χ2v) is 6.24. The van der Waals surface area contributed by atoms with Gasteiger partial charge in [-0.2, -0.15) is 0 Å². The number of hydrogen-bond donors (Lipinski definition) is 3. The molecule has 0 radical (unpaired) electrons. The van der Waals surface area contributed by atoms with Crippen molar-refractivity contribution >= 4 is 17.8 Å². The number of carboxylic acid groups (broad SMARTS) is 1. The maximum atomic E-state index is 13.9. The van der Waals surface area contributed by atoms with E-state index in [-0.39, 0.29) is 24.0 Å². The molecule has 0 bridgehead atoms. The minimum absolute atomic E-state index is 0.125. The van der Waals surface area contributed by atoms with Crippen molar-refractivity contribution in [3.05, 3.63) is 71.3 Å². The summed E-state index contributed by atoms with van der Waals surface area (Å²) in [7, 11) is 0. The van der Waals surface area contributed by atoms with Crippen molar-refractivity contribution in [2.45, 2.75) is 31.8 Å². The van der Waals surface area contributed by atoms with Gasteiger partial charge in [-0.05, 0) is 23.3 Å². The molecule has 0 saturated carbocycles. The molecule has 0 saturated heterocycles. The van der Waals surface area contributed by atoms with Crippen molar-refractivity contribution in [1.29, 1.82) is 0 Å². The van der Waals surface area contributed by atoms with E-state index in [9.17, 15) is 28.3 Å². The zero-order valence-corrected chi connectivity index (χ0v) is 15.1. The highest BCUT2D eigenvalue weighted by Gasteiger charge is 2.27. The molecule has 2 aromatic carbocycles. The van der Waals surface area contributed by atoms with Crippen LogP contribution < -0.4 is 10.6 Å². The van der Waals surface area contributed by atoms with E-state index < -0.39 is 41.5 Å². The Balaban J connectivity index is 2.17. The smallest absolute Gasteiger partial charge is 0.326 e. The maximum absolute atomic E-state index is 13.9. The van der Waals surface area contributed by atoms with Crippen LogP contribution in [-0.2, 0) is 27.2 Å². The zero-order chi connectivity index (χ0) is 20.7. The summed E-state index contributed by atoms with van der Waals surface area (Å²) in [6.07, 6.45) is -0.440. The largest absolute Gasteiger partial charge is 0.480 e. The fraction of sp³-hybridized carbons (Fsp3) is 0.250. The van der Waals surface area contributed by atoms with Crippen LogP contribution in [0.2, 0.25) is 0 Å². The van der Waals surface area contributed by atoms with E-state index in [4.69, 9.17) is 0 Å². The summed E-state index contributed by atoms with van der Waals surface area (Å²) in [5.74, 6) is -3.83. The van der Waals surface area contributed by atoms with Gasteiger partial charge in [0.05, 0.1) is 0 Å². The summed E-state index contributed by atoms with van der Waals surface area (Å²) in [6.45, 7) is 1.19. The van der Waals surface area contributed by atoms with Gasteiger partial charge in [-0.25, -0.2) is 13.6 Å². The van der Waals surface area contributed by atoms with Crippen LogP contribution in [0.4, 0.5) is 8.78 Å². The van der Waals surface area contributed by atoms with Crippen molar-refractivity contribution in [3.8, 4) is 0 Å². The van der Waals surface area contributed by atoms with Gasteiger partial charge in [0.25, 0.3) is 0 Å².